The highest BCUT2D eigenvalue weighted by Gasteiger charge is 2.31. The molecule has 0 saturated heterocycles. The number of hydrogen-bond donors (Lipinski definition) is 0. The molecule has 2 aromatic carbocycles. The summed E-state index contributed by atoms with van der Waals surface area (Å²) in [7, 11) is 6.64. The Morgan fingerprint density at radius 3 is 2.30 bits per heavy atom. The smallest absolute Gasteiger partial charge is 0.419 e. The standard InChI is InChI=1S/C22H26N2O5.C2H6.C2H4/c1-23-14-15(8-13-20(25)28-4)21-18(23)6-5-7-19(21)29-22(26)24(2)16-9-11-17(27-3)12-10-16;2*1-2/h5-7,9-12,15H,8,13-14H2,1-4H3;1-2H3;1-2H2. The number of fused-ring (bicyclic) bond motifs is 1. The maximum Gasteiger partial charge on any atom is 0.419 e. The molecule has 7 heteroatoms. The normalized spacial score (nSPS) is 13.4. The van der Waals surface area contributed by atoms with E-state index in [0.717, 1.165) is 17.8 Å². The molecule has 1 amide bonds. The van der Waals surface area contributed by atoms with E-state index in [2.05, 4.69) is 18.1 Å². The fourth-order valence-corrected chi connectivity index (χ4v) is 3.59. The molecule has 1 aliphatic rings. The highest BCUT2D eigenvalue weighted by Crippen LogP contribution is 2.43. The number of ether oxygens (including phenoxy) is 3. The molecule has 180 valence electrons. The molecule has 3 rings (SSSR count). The van der Waals surface area contributed by atoms with Crippen LogP contribution in [0.2, 0.25) is 0 Å². The third-order valence-corrected chi connectivity index (χ3v) is 5.21. The number of carbonyl (C=O) groups excluding carboxylic acids is 2. The van der Waals surface area contributed by atoms with Crippen molar-refractivity contribution >= 4 is 23.4 Å². The lowest BCUT2D eigenvalue weighted by Crippen LogP contribution is -2.29. The van der Waals surface area contributed by atoms with E-state index in [4.69, 9.17) is 14.2 Å². The van der Waals surface area contributed by atoms with Gasteiger partial charge < -0.3 is 19.1 Å². The van der Waals surface area contributed by atoms with Crippen molar-refractivity contribution in [3.63, 3.8) is 0 Å². The van der Waals surface area contributed by atoms with Gasteiger partial charge in [-0.3, -0.25) is 9.69 Å². The maximum absolute atomic E-state index is 12.8. The van der Waals surface area contributed by atoms with Crippen LogP contribution in [-0.2, 0) is 9.53 Å². The molecule has 0 aliphatic carbocycles. The van der Waals surface area contributed by atoms with Crippen LogP contribution in [0.3, 0.4) is 0 Å². The molecule has 7 nitrogen and oxygen atoms in total. The number of methoxy groups -OCH3 is 2. The third-order valence-electron chi connectivity index (χ3n) is 5.21. The van der Waals surface area contributed by atoms with Crippen molar-refractivity contribution in [2.24, 2.45) is 0 Å². The van der Waals surface area contributed by atoms with E-state index in [1.165, 1.54) is 12.0 Å². The SMILES string of the molecule is C=C.CC.COC(=O)CCC1CN(C)c2cccc(OC(=O)N(C)c3ccc(OC)cc3)c21. The predicted octanol–water partition coefficient (Wildman–Crippen LogP) is 5.65. The number of nitrogens with zero attached hydrogens (tertiary/aromatic N) is 2. The zero-order chi connectivity index (χ0) is 25.0. The van der Waals surface area contributed by atoms with Crippen LogP contribution in [0.5, 0.6) is 11.5 Å². The Bertz CT molecular complexity index is 898. The summed E-state index contributed by atoms with van der Waals surface area (Å²) in [6.45, 7) is 10.8. The van der Waals surface area contributed by atoms with Crippen molar-refractivity contribution < 1.29 is 23.8 Å². The predicted molar refractivity (Wildman–Crippen MR) is 134 cm³/mol. The number of rotatable bonds is 6. The molecule has 0 fully saturated rings. The van der Waals surface area contributed by atoms with Gasteiger partial charge in [-0.05, 0) is 42.8 Å². The second-order valence-electron chi connectivity index (χ2n) is 7.01. The van der Waals surface area contributed by atoms with Gasteiger partial charge in [-0.15, -0.1) is 13.2 Å². The molecule has 1 heterocycles. The lowest BCUT2D eigenvalue weighted by molar-refractivity contribution is -0.140. The Balaban J connectivity index is 0.00000129. The summed E-state index contributed by atoms with van der Waals surface area (Å²) in [5, 5.41) is 0. The monoisotopic (exact) mass is 456 g/mol. The molecule has 1 aliphatic heterocycles. The average molecular weight is 457 g/mol. The van der Waals surface area contributed by atoms with E-state index in [1.807, 2.05) is 33.0 Å². The summed E-state index contributed by atoms with van der Waals surface area (Å²) >= 11 is 0. The average Bonchev–Trinajstić information content (AvgIpc) is 3.20. The second-order valence-corrected chi connectivity index (χ2v) is 7.01. The van der Waals surface area contributed by atoms with Gasteiger partial charge in [0.15, 0.2) is 0 Å². The van der Waals surface area contributed by atoms with E-state index in [0.29, 0.717) is 30.0 Å². The maximum atomic E-state index is 12.8. The third kappa shape index (κ3) is 7.00. The van der Waals surface area contributed by atoms with Gasteiger partial charge in [0.05, 0.1) is 14.2 Å². The zero-order valence-electron chi connectivity index (χ0n) is 20.6. The second kappa shape index (κ2) is 13.8. The summed E-state index contributed by atoms with van der Waals surface area (Å²) in [5.41, 5.74) is 2.66. The first-order valence-corrected chi connectivity index (χ1v) is 10.9. The Labute approximate surface area is 197 Å². The highest BCUT2D eigenvalue weighted by atomic mass is 16.6. The van der Waals surface area contributed by atoms with Gasteiger partial charge in [0.25, 0.3) is 0 Å². The van der Waals surface area contributed by atoms with Gasteiger partial charge in [0.1, 0.15) is 11.5 Å². The Hall–Kier alpha value is -3.48. The summed E-state index contributed by atoms with van der Waals surface area (Å²) in [6, 6.07) is 12.8. The molecule has 0 bridgehead atoms. The summed E-state index contributed by atoms with van der Waals surface area (Å²) in [5.74, 6) is 1.08. The van der Waals surface area contributed by atoms with Crippen LogP contribution in [0.4, 0.5) is 16.2 Å². The van der Waals surface area contributed by atoms with Gasteiger partial charge in [-0.2, -0.15) is 0 Å². The van der Waals surface area contributed by atoms with Crippen molar-refractivity contribution in [1.82, 2.24) is 0 Å². The van der Waals surface area contributed by atoms with Gasteiger partial charge in [0.2, 0.25) is 0 Å². The Morgan fingerprint density at radius 1 is 1.09 bits per heavy atom. The first kappa shape index (κ1) is 27.6. The van der Waals surface area contributed by atoms with E-state index in [9.17, 15) is 9.59 Å². The van der Waals surface area contributed by atoms with E-state index >= 15 is 0 Å². The minimum Gasteiger partial charge on any atom is -0.497 e. The molecule has 0 spiro atoms. The number of benzene rings is 2. The lowest BCUT2D eigenvalue weighted by Gasteiger charge is -2.19. The fourth-order valence-electron chi connectivity index (χ4n) is 3.59. The topological polar surface area (TPSA) is 68.3 Å². The molecule has 2 aromatic rings. The van der Waals surface area contributed by atoms with Gasteiger partial charge in [-0.1, -0.05) is 19.9 Å². The van der Waals surface area contributed by atoms with Gasteiger partial charge >= 0.3 is 12.1 Å². The molecule has 1 unspecified atom stereocenters. The molecular weight excluding hydrogens is 420 g/mol. The molecule has 0 radical (unpaired) electrons. The van der Waals surface area contributed by atoms with Crippen LogP contribution < -0.4 is 19.3 Å². The van der Waals surface area contributed by atoms with Crippen LogP contribution in [0.15, 0.2) is 55.6 Å². The minimum atomic E-state index is -0.482. The van der Waals surface area contributed by atoms with Crippen molar-refractivity contribution in [1.29, 1.82) is 0 Å². The molecule has 33 heavy (non-hydrogen) atoms. The van der Waals surface area contributed by atoms with Crippen molar-refractivity contribution in [3.8, 4) is 11.5 Å². The first-order valence-electron chi connectivity index (χ1n) is 10.9. The number of likely N-dealkylation sites (N-methyl/N-ethyl adjacent to an activating group) is 1. The Kier molecular flexibility index (Phi) is 11.5. The number of hydrogen-bond acceptors (Lipinski definition) is 6. The zero-order valence-corrected chi connectivity index (χ0v) is 20.6. The van der Waals surface area contributed by atoms with Gasteiger partial charge in [0, 0.05) is 49.9 Å². The molecule has 0 saturated carbocycles. The number of anilines is 2. The van der Waals surface area contributed by atoms with Crippen LogP contribution >= 0.6 is 0 Å². The first-order chi connectivity index (χ1) is 15.9. The highest BCUT2D eigenvalue weighted by molar-refractivity contribution is 5.89. The molecule has 1 atom stereocenters. The van der Waals surface area contributed by atoms with Gasteiger partial charge in [-0.25, -0.2) is 4.79 Å². The van der Waals surface area contributed by atoms with Crippen molar-refractivity contribution in [3.05, 3.63) is 61.2 Å². The summed E-state index contributed by atoms with van der Waals surface area (Å²) < 4.78 is 15.7. The van der Waals surface area contributed by atoms with Crippen LogP contribution in [0, 0.1) is 0 Å². The minimum absolute atomic E-state index is 0.0874. The fraction of sp³-hybridized carbons (Fsp3) is 0.385. The largest absolute Gasteiger partial charge is 0.497 e. The van der Waals surface area contributed by atoms with E-state index in [-0.39, 0.29) is 11.9 Å². The number of esters is 1. The quantitative estimate of drug-likeness (QED) is 0.414. The van der Waals surface area contributed by atoms with Crippen LogP contribution in [-0.4, -0.2) is 46.9 Å². The number of carbonyl (C=O) groups is 2. The van der Waals surface area contributed by atoms with E-state index in [1.54, 1.807) is 44.5 Å². The molecule has 0 N–H and O–H groups in total. The molecule has 0 aromatic heterocycles. The number of amides is 1. The van der Waals surface area contributed by atoms with Crippen LogP contribution in [0.25, 0.3) is 0 Å². The Morgan fingerprint density at radius 2 is 1.73 bits per heavy atom. The van der Waals surface area contributed by atoms with Crippen LogP contribution in [0.1, 0.15) is 38.2 Å². The summed E-state index contributed by atoms with van der Waals surface area (Å²) in [4.78, 5) is 27.9. The van der Waals surface area contributed by atoms with E-state index < -0.39 is 6.09 Å². The lowest BCUT2D eigenvalue weighted by atomic mass is 9.95. The van der Waals surface area contributed by atoms with Crippen molar-refractivity contribution in [2.75, 3.05) is 44.7 Å². The summed E-state index contributed by atoms with van der Waals surface area (Å²) in [6.07, 6.45) is 0.472. The van der Waals surface area contributed by atoms with Crippen molar-refractivity contribution in [2.45, 2.75) is 32.6 Å². The molecular formula is C26H36N2O5.